The molecule has 1 amide bonds. The average molecular weight is 421 g/mol. The molecule has 162 valence electrons. The molecule has 5 nitrogen and oxygen atoms in total. The van der Waals surface area contributed by atoms with E-state index >= 15 is 0 Å². The minimum Gasteiger partial charge on any atom is -0.343 e. The van der Waals surface area contributed by atoms with Crippen LogP contribution in [0.5, 0.6) is 0 Å². The highest BCUT2D eigenvalue weighted by molar-refractivity contribution is 5.78. The molecular weight excluding hydrogens is 391 g/mol. The maximum atomic E-state index is 13.9. The van der Waals surface area contributed by atoms with Crippen LogP contribution in [0.3, 0.4) is 0 Å². The first-order valence-electron chi connectivity index (χ1n) is 10.8. The van der Waals surface area contributed by atoms with Gasteiger partial charge in [-0.25, -0.2) is 9.07 Å². The summed E-state index contributed by atoms with van der Waals surface area (Å²) in [6.07, 6.45) is 2.64. The normalized spacial score (nSPS) is 16.5. The lowest BCUT2D eigenvalue weighted by Gasteiger charge is -2.21. The van der Waals surface area contributed by atoms with Gasteiger partial charge < -0.3 is 9.80 Å². The van der Waals surface area contributed by atoms with E-state index in [1.54, 1.807) is 6.07 Å². The first-order chi connectivity index (χ1) is 14.9. The topological polar surface area (TPSA) is 41.4 Å². The Labute approximate surface area is 183 Å². The number of halogens is 1. The molecular formula is C25H29FN4O. The van der Waals surface area contributed by atoms with E-state index in [4.69, 9.17) is 5.10 Å². The van der Waals surface area contributed by atoms with Crippen LogP contribution in [0.15, 0.2) is 54.7 Å². The second kappa shape index (κ2) is 9.02. The number of hydrogen-bond acceptors (Lipinski definition) is 3. The Bertz CT molecular complexity index is 1080. The van der Waals surface area contributed by atoms with Gasteiger partial charge in [0, 0.05) is 49.9 Å². The lowest BCUT2D eigenvalue weighted by atomic mass is 10.1. The van der Waals surface area contributed by atoms with E-state index in [-0.39, 0.29) is 11.7 Å². The van der Waals surface area contributed by atoms with Crippen molar-refractivity contribution in [1.82, 2.24) is 19.6 Å². The molecule has 1 atom stereocenters. The lowest BCUT2D eigenvalue weighted by Crippen LogP contribution is -2.28. The standard InChI is InChI=1S/C25H29FN4O/c1-4-29-15-19(12-24(29)31)14-28(3)16-21-17-30(23-10-5-7-18(2)11-23)27-25(21)20-8-6-9-22(26)13-20/h5-11,13,17,19H,4,12,14-16H2,1-3H3/t19-/m1/s1. The third kappa shape index (κ3) is 4.85. The number of aromatic nitrogens is 2. The zero-order valence-corrected chi connectivity index (χ0v) is 18.4. The predicted octanol–water partition coefficient (Wildman–Crippen LogP) is 4.29. The van der Waals surface area contributed by atoms with Crippen LogP contribution in [0, 0.1) is 18.7 Å². The van der Waals surface area contributed by atoms with Crippen LogP contribution in [0.2, 0.25) is 0 Å². The molecule has 3 aromatic rings. The summed E-state index contributed by atoms with van der Waals surface area (Å²) in [5, 5.41) is 4.82. The molecule has 0 bridgehead atoms. The van der Waals surface area contributed by atoms with Crippen LogP contribution < -0.4 is 0 Å². The van der Waals surface area contributed by atoms with E-state index in [1.807, 2.05) is 40.9 Å². The molecule has 0 N–H and O–H groups in total. The summed E-state index contributed by atoms with van der Waals surface area (Å²) >= 11 is 0. The number of benzene rings is 2. The van der Waals surface area contributed by atoms with Gasteiger partial charge in [0.15, 0.2) is 0 Å². The smallest absolute Gasteiger partial charge is 0.222 e. The van der Waals surface area contributed by atoms with Crippen molar-refractivity contribution in [3.05, 3.63) is 71.7 Å². The number of likely N-dealkylation sites (tertiary alicyclic amines) is 1. The SMILES string of the molecule is CCN1C[C@@H](CN(C)Cc2cn(-c3cccc(C)c3)nc2-c2cccc(F)c2)CC1=O. The van der Waals surface area contributed by atoms with E-state index in [1.165, 1.54) is 12.1 Å². The van der Waals surface area contributed by atoms with E-state index in [2.05, 4.69) is 31.0 Å². The monoisotopic (exact) mass is 420 g/mol. The van der Waals surface area contributed by atoms with Crippen molar-refractivity contribution in [1.29, 1.82) is 0 Å². The minimum absolute atomic E-state index is 0.244. The van der Waals surface area contributed by atoms with Gasteiger partial charge in [0.05, 0.1) is 11.4 Å². The number of carbonyl (C=O) groups excluding carboxylic acids is 1. The summed E-state index contributed by atoms with van der Waals surface area (Å²) in [4.78, 5) is 16.2. The van der Waals surface area contributed by atoms with Crippen LogP contribution in [-0.4, -0.2) is 52.2 Å². The molecule has 1 saturated heterocycles. The number of hydrogen-bond donors (Lipinski definition) is 0. The Kier molecular flexibility index (Phi) is 6.18. The third-order valence-electron chi connectivity index (χ3n) is 5.84. The van der Waals surface area contributed by atoms with Crippen molar-refractivity contribution in [3.63, 3.8) is 0 Å². The Morgan fingerprint density at radius 2 is 2.00 bits per heavy atom. The highest BCUT2D eigenvalue weighted by Gasteiger charge is 2.29. The molecule has 6 heteroatoms. The van der Waals surface area contributed by atoms with Crippen LogP contribution in [0.25, 0.3) is 16.9 Å². The molecule has 0 aliphatic carbocycles. The van der Waals surface area contributed by atoms with Gasteiger partial charge in [0.1, 0.15) is 5.82 Å². The van der Waals surface area contributed by atoms with E-state index in [0.717, 1.165) is 47.7 Å². The summed E-state index contributed by atoms with van der Waals surface area (Å²) in [5.74, 6) is 0.307. The molecule has 0 spiro atoms. The molecule has 0 radical (unpaired) electrons. The highest BCUT2D eigenvalue weighted by atomic mass is 19.1. The van der Waals surface area contributed by atoms with E-state index in [0.29, 0.717) is 18.9 Å². The number of nitrogens with zero attached hydrogens (tertiary/aromatic N) is 4. The predicted molar refractivity (Wildman–Crippen MR) is 120 cm³/mol. The van der Waals surface area contributed by atoms with Crippen LogP contribution in [0.1, 0.15) is 24.5 Å². The van der Waals surface area contributed by atoms with Gasteiger partial charge in [-0.2, -0.15) is 5.10 Å². The second-order valence-corrected chi connectivity index (χ2v) is 8.50. The molecule has 2 heterocycles. The van der Waals surface area contributed by atoms with Gasteiger partial charge in [0.2, 0.25) is 5.91 Å². The Morgan fingerprint density at radius 3 is 2.71 bits per heavy atom. The van der Waals surface area contributed by atoms with E-state index in [9.17, 15) is 9.18 Å². The van der Waals surface area contributed by atoms with Gasteiger partial charge in [0.25, 0.3) is 0 Å². The quantitative estimate of drug-likeness (QED) is 0.573. The first-order valence-corrected chi connectivity index (χ1v) is 10.8. The average Bonchev–Trinajstić information content (AvgIpc) is 3.31. The van der Waals surface area contributed by atoms with Crippen molar-refractivity contribution in [2.45, 2.75) is 26.8 Å². The fourth-order valence-electron chi connectivity index (χ4n) is 4.38. The van der Waals surface area contributed by atoms with E-state index < -0.39 is 0 Å². The summed E-state index contributed by atoms with van der Waals surface area (Å²) in [6.45, 7) is 7.17. The summed E-state index contributed by atoms with van der Waals surface area (Å²) < 4.78 is 15.8. The molecule has 31 heavy (non-hydrogen) atoms. The largest absolute Gasteiger partial charge is 0.343 e. The zero-order chi connectivity index (χ0) is 22.0. The van der Waals surface area contributed by atoms with Crippen molar-refractivity contribution in [2.75, 3.05) is 26.7 Å². The molecule has 0 unspecified atom stereocenters. The Balaban J connectivity index is 1.60. The molecule has 0 saturated carbocycles. The molecule has 1 aromatic heterocycles. The fraction of sp³-hybridized carbons (Fsp3) is 0.360. The van der Waals surface area contributed by atoms with Crippen LogP contribution in [0.4, 0.5) is 4.39 Å². The zero-order valence-electron chi connectivity index (χ0n) is 18.4. The van der Waals surface area contributed by atoms with Gasteiger partial charge in [-0.1, -0.05) is 24.3 Å². The number of carbonyl (C=O) groups is 1. The van der Waals surface area contributed by atoms with Crippen molar-refractivity contribution in [3.8, 4) is 16.9 Å². The van der Waals surface area contributed by atoms with Gasteiger partial charge in [-0.3, -0.25) is 4.79 Å². The maximum absolute atomic E-state index is 13.9. The molecule has 1 aliphatic heterocycles. The fourth-order valence-corrected chi connectivity index (χ4v) is 4.38. The minimum atomic E-state index is -0.272. The lowest BCUT2D eigenvalue weighted by molar-refractivity contribution is -0.127. The summed E-state index contributed by atoms with van der Waals surface area (Å²) in [6, 6.07) is 14.8. The van der Waals surface area contributed by atoms with Gasteiger partial charge in [-0.15, -0.1) is 0 Å². The Hall–Kier alpha value is -2.99. The van der Waals surface area contributed by atoms with Crippen LogP contribution in [-0.2, 0) is 11.3 Å². The maximum Gasteiger partial charge on any atom is 0.222 e. The molecule has 2 aromatic carbocycles. The van der Waals surface area contributed by atoms with Crippen LogP contribution >= 0.6 is 0 Å². The third-order valence-corrected chi connectivity index (χ3v) is 5.84. The Morgan fingerprint density at radius 1 is 1.19 bits per heavy atom. The van der Waals surface area contributed by atoms with Gasteiger partial charge >= 0.3 is 0 Å². The number of rotatable bonds is 7. The second-order valence-electron chi connectivity index (χ2n) is 8.50. The number of aryl methyl sites for hydroxylation is 1. The molecule has 4 rings (SSSR count). The molecule has 1 fully saturated rings. The van der Waals surface area contributed by atoms with Gasteiger partial charge in [-0.05, 0) is 56.6 Å². The summed E-state index contributed by atoms with van der Waals surface area (Å²) in [5.41, 5.74) is 4.72. The first kappa shape index (κ1) is 21.2. The molecule has 1 aliphatic rings. The number of amides is 1. The van der Waals surface area contributed by atoms with Crippen molar-refractivity contribution in [2.24, 2.45) is 5.92 Å². The van der Waals surface area contributed by atoms with Crippen molar-refractivity contribution < 1.29 is 9.18 Å². The van der Waals surface area contributed by atoms with Crippen molar-refractivity contribution >= 4 is 5.91 Å². The summed E-state index contributed by atoms with van der Waals surface area (Å²) in [7, 11) is 2.07. The highest BCUT2D eigenvalue weighted by Crippen LogP contribution is 2.26.